The van der Waals surface area contributed by atoms with Crippen LogP contribution in [0.2, 0.25) is 0 Å². The van der Waals surface area contributed by atoms with E-state index >= 15 is 0 Å². The van der Waals surface area contributed by atoms with E-state index in [1.807, 2.05) is 4.90 Å². The fourth-order valence-corrected chi connectivity index (χ4v) is 1.86. The van der Waals surface area contributed by atoms with Crippen LogP contribution in [0.5, 0.6) is 0 Å². The maximum Gasteiger partial charge on any atom is 0.222 e. The number of carbonyl (C=O) groups is 2. The van der Waals surface area contributed by atoms with E-state index in [4.69, 9.17) is 0 Å². The van der Waals surface area contributed by atoms with Crippen LogP contribution in [-0.4, -0.2) is 29.7 Å². The van der Waals surface area contributed by atoms with Crippen molar-refractivity contribution in [1.29, 1.82) is 0 Å². The average molecular weight is 197 g/mol. The minimum Gasteiger partial charge on any atom is -0.342 e. The van der Waals surface area contributed by atoms with Crippen LogP contribution in [0.4, 0.5) is 0 Å². The topological polar surface area (TPSA) is 37.4 Å². The van der Waals surface area contributed by atoms with Crippen LogP contribution in [-0.2, 0) is 9.59 Å². The van der Waals surface area contributed by atoms with Crippen LogP contribution >= 0.6 is 0 Å². The summed E-state index contributed by atoms with van der Waals surface area (Å²) in [6.07, 6.45) is 3.20. The van der Waals surface area contributed by atoms with Gasteiger partial charge in [0.25, 0.3) is 0 Å². The molecule has 0 aliphatic carbocycles. The van der Waals surface area contributed by atoms with Crippen molar-refractivity contribution in [3.8, 4) is 0 Å². The zero-order valence-electron chi connectivity index (χ0n) is 9.08. The Morgan fingerprint density at radius 3 is 2.79 bits per heavy atom. The van der Waals surface area contributed by atoms with E-state index in [9.17, 15) is 9.59 Å². The molecular weight excluding hydrogens is 178 g/mol. The van der Waals surface area contributed by atoms with E-state index in [2.05, 4.69) is 6.92 Å². The number of rotatable bonds is 5. The van der Waals surface area contributed by atoms with Crippen molar-refractivity contribution in [3.63, 3.8) is 0 Å². The summed E-state index contributed by atoms with van der Waals surface area (Å²) in [7, 11) is 0. The van der Waals surface area contributed by atoms with Crippen LogP contribution in [0.25, 0.3) is 0 Å². The lowest BCUT2D eigenvalue weighted by Crippen LogP contribution is -2.26. The lowest BCUT2D eigenvalue weighted by molar-refractivity contribution is -0.128. The number of ketones is 1. The fourth-order valence-electron chi connectivity index (χ4n) is 1.86. The fraction of sp³-hybridized carbons (Fsp3) is 0.818. The number of hydrogen-bond acceptors (Lipinski definition) is 2. The number of Topliss-reactive ketones (excluding diaryl/α,β-unsaturated/α-hetero) is 1. The quantitative estimate of drug-likeness (QED) is 0.671. The highest BCUT2D eigenvalue weighted by Crippen LogP contribution is 2.20. The highest BCUT2D eigenvalue weighted by Gasteiger charge is 2.27. The van der Waals surface area contributed by atoms with Gasteiger partial charge in [-0.1, -0.05) is 13.3 Å². The van der Waals surface area contributed by atoms with E-state index in [1.54, 1.807) is 6.92 Å². The Bertz CT molecular complexity index is 225. The number of carbonyl (C=O) groups excluding carboxylic acids is 2. The molecule has 1 fully saturated rings. The standard InChI is InChI=1S/C11H19NO2/c1-3-10-7-11(14)12(8-10)6-4-5-9(2)13/h10H,3-8H2,1-2H3. The molecular formula is C11H19NO2. The van der Waals surface area contributed by atoms with Gasteiger partial charge in [-0.3, -0.25) is 4.79 Å². The lowest BCUT2D eigenvalue weighted by atomic mass is 10.1. The van der Waals surface area contributed by atoms with Crippen molar-refractivity contribution in [1.82, 2.24) is 4.90 Å². The maximum absolute atomic E-state index is 11.5. The molecule has 14 heavy (non-hydrogen) atoms. The second-order valence-corrected chi connectivity index (χ2v) is 4.12. The summed E-state index contributed by atoms with van der Waals surface area (Å²) in [4.78, 5) is 24.1. The van der Waals surface area contributed by atoms with Gasteiger partial charge < -0.3 is 9.69 Å². The molecule has 80 valence electrons. The lowest BCUT2D eigenvalue weighted by Gasteiger charge is -2.15. The van der Waals surface area contributed by atoms with Crippen molar-refractivity contribution in [2.75, 3.05) is 13.1 Å². The van der Waals surface area contributed by atoms with Gasteiger partial charge in [-0.2, -0.15) is 0 Å². The van der Waals surface area contributed by atoms with Crippen molar-refractivity contribution in [2.24, 2.45) is 5.92 Å². The largest absolute Gasteiger partial charge is 0.342 e. The minimum absolute atomic E-state index is 0.212. The van der Waals surface area contributed by atoms with Crippen LogP contribution in [0, 0.1) is 5.92 Å². The van der Waals surface area contributed by atoms with Gasteiger partial charge in [0.15, 0.2) is 0 Å². The molecule has 1 aliphatic rings. The Morgan fingerprint density at radius 1 is 1.57 bits per heavy atom. The van der Waals surface area contributed by atoms with Gasteiger partial charge in [0.1, 0.15) is 5.78 Å². The van der Waals surface area contributed by atoms with Crippen molar-refractivity contribution in [2.45, 2.75) is 39.5 Å². The molecule has 0 aromatic carbocycles. The Morgan fingerprint density at radius 2 is 2.29 bits per heavy atom. The summed E-state index contributed by atoms with van der Waals surface area (Å²) in [6.45, 7) is 5.37. The Balaban J connectivity index is 2.25. The molecule has 0 saturated carbocycles. The first-order valence-corrected chi connectivity index (χ1v) is 5.40. The smallest absolute Gasteiger partial charge is 0.222 e. The zero-order valence-corrected chi connectivity index (χ0v) is 9.08. The predicted molar refractivity (Wildman–Crippen MR) is 54.9 cm³/mol. The van der Waals surface area contributed by atoms with Gasteiger partial charge in [0.2, 0.25) is 5.91 Å². The maximum atomic E-state index is 11.5. The summed E-state index contributed by atoms with van der Waals surface area (Å²) in [6, 6.07) is 0. The Labute approximate surface area is 85.5 Å². The summed E-state index contributed by atoms with van der Waals surface area (Å²) >= 11 is 0. The highest BCUT2D eigenvalue weighted by atomic mass is 16.2. The second-order valence-electron chi connectivity index (χ2n) is 4.12. The zero-order chi connectivity index (χ0) is 10.6. The summed E-state index contributed by atoms with van der Waals surface area (Å²) < 4.78 is 0. The monoisotopic (exact) mass is 197 g/mol. The summed E-state index contributed by atoms with van der Waals surface area (Å²) in [5.74, 6) is 1.02. The molecule has 1 aliphatic heterocycles. The predicted octanol–water partition coefficient (Wildman–Crippen LogP) is 1.61. The number of nitrogens with zero attached hydrogens (tertiary/aromatic N) is 1. The first-order valence-electron chi connectivity index (χ1n) is 5.40. The molecule has 1 unspecified atom stereocenters. The Kier molecular flexibility index (Phi) is 4.11. The molecule has 1 saturated heterocycles. The number of hydrogen-bond donors (Lipinski definition) is 0. The van der Waals surface area contributed by atoms with Crippen molar-refractivity contribution >= 4 is 11.7 Å². The van der Waals surface area contributed by atoms with Crippen molar-refractivity contribution in [3.05, 3.63) is 0 Å². The van der Waals surface area contributed by atoms with E-state index < -0.39 is 0 Å². The van der Waals surface area contributed by atoms with Gasteiger partial charge in [-0.25, -0.2) is 0 Å². The molecule has 3 nitrogen and oxygen atoms in total. The molecule has 0 bridgehead atoms. The van der Waals surface area contributed by atoms with Gasteiger partial charge in [-0.15, -0.1) is 0 Å². The molecule has 0 spiro atoms. The third kappa shape index (κ3) is 3.13. The van der Waals surface area contributed by atoms with Gasteiger partial charge in [0, 0.05) is 25.9 Å². The highest BCUT2D eigenvalue weighted by molar-refractivity contribution is 5.79. The Hall–Kier alpha value is -0.860. The average Bonchev–Trinajstić information content (AvgIpc) is 2.47. The minimum atomic E-state index is 0.212. The molecule has 1 amide bonds. The third-order valence-corrected chi connectivity index (χ3v) is 2.83. The van der Waals surface area contributed by atoms with Gasteiger partial charge >= 0.3 is 0 Å². The summed E-state index contributed by atoms with van der Waals surface area (Å²) in [5, 5.41) is 0. The number of amides is 1. The van der Waals surface area contributed by atoms with Gasteiger partial charge in [0.05, 0.1) is 0 Å². The van der Waals surface area contributed by atoms with E-state index in [0.29, 0.717) is 18.8 Å². The van der Waals surface area contributed by atoms with Crippen LogP contribution < -0.4 is 0 Å². The first kappa shape index (κ1) is 11.2. The summed E-state index contributed by atoms with van der Waals surface area (Å²) in [5.41, 5.74) is 0. The SMILES string of the molecule is CCC1CC(=O)N(CCCC(C)=O)C1. The molecule has 0 radical (unpaired) electrons. The number of likely N-dealkylation sites (tertiary alicyclic amines) is 1. The van der Waals surface area contributed by atoms with Gasteiger partial charge in [-0.05, 0) is 19.3 Å². The molecule has 0 N–H and O–H groups in total. The molecule has 0 aromatic heterocycles. The van der Waals surface area contributed by atoms with E-state index in [1.165, 1.54) is 0 Å². The van der Waals surface area contributed by atoms with Crippen LogP contribution in [0.15, 0.2) is 0 Å². The first-order chi connectivity index (χ1) is 6.63. The van der Waals surface area contributed by atoms with Crippen LogP contribution in [0.1, 0.15) is 39.5 Å². The van der Waals surface area contributed by atoms with Crippen molar-refractivity contribution < 1.29 is 9.59 Å². The van der Waals surface area contributed by atoms with E-state index in [0.717, 1.165) is 25.9 Å². The van der Waals surface area contributed by atoms with Crippen LogP contribution in [0.3, 0.4) is 0 Å². The molecule has 3 heteroatoms. The second kappa shape index (κ2) is 5.13. The molecule has 1 atom stereocenters. The normalized spacial score (nSPS) is 21.7. The van der Waals surface area contributed by atoms with E-state index in [-0.39, 0.29) is 11.7 Å². The third-order valence-electron chi connectivity index (χ3n) is 2.83. The molecule has 1 heterocycles. The molecule has 1 rings (SSSR count). The molecule has 0 aromatic rings.